The Balaban J connectivity index is 1.85. The van der Waals surface area contributed by atoms with Gasteiger partial charge < -0.3 is 20.1 Å². The van der Waals surface area contributed by atoms with Crippen molar-refractivity contribution in [1.82, 2.24) is 9.88 Å². The average molecular weight is 408 g/mol. The van der Waals surface area contributed by atoms with Gasteiger partial charge in [-0.15, -0.1) is 0 Å². The number of hydrogen-bond acceptors (Lipinski definition) is 2. The molecule has 0 bridgehead atoms. The summed E-state index contributed by atoms with van der Waals surface area (Å²) in [5.74, 6) is 0. The molecule has 0 saturated carbocycles. The molecule has 6 heteroatoms. The van der Waals surface area contributed by atoms with Gasteiger partial charge in [-0.3, -0.25) is 4.79 Å². The molecule has 0 radical (unpaired) electrons. The van der Waals surface area contributed by atoms with Crippen LogP contribution >= 0.6 is 0 Å². The van der Waals surface area contributed by atoms with E-state index in [0.29, 0.717) is 12.1 Å². The van der Waals surface area contributed by atoms with Crippen LogP contribution in [0.3, 0.4) is 0 Å². The van der Waals surface area contributed by atoms with E-state index in [9.17, 15) is 9.59 Å². The van der Waals surface area contributed by atoms with E-state index in [4.69, 9.17) is 0 Å². The summed E-state index contributed by atoms with van der Waals surface area (Å²) >= 11 is 0. The summed E-state index contributed by atoms with van der Waals surface area (Å²) in [5, 5.41) is 3.93. The minimum Gasteiger partial charge on any atom is -0.334 e. The fourth-order valence-corrected chi connectivity index (χ4v) is 3.57. The average Bonchev–Trinajstić information content (AvgIpc) is 2.74. The summed E-state index contributed by atoms with van der Waals surface area (Å²) in [6.07, 6.45) is 0. The molecule has 3 rings (SSSR count). The van der Waals surface area contributed by atoms with Gasteiger partial charge in [0.1, 0.15) is 0 Å². The van der Waals surface area contributed by atoms with Gasteiger partial charge >= 0.3 is 6.03 Å². The first-order valence-electron chi connectivity index (χ1n) is 10.6. The maximum Gasteiger partial charge on any atom is 0.322 e. The largest absolute Gasteiger partial charge is 0.334 e. The number of aromatic nitrogens is 1. The lowest BCUT2D eigenvalue weighted by Crippen LogP contribution is -3.12. The number of fused-ring (bicyclic) bond motifs is 1. The summed E-state index contributed by atoms with van der Waals surface area (Å²) in [4.78, 5) is 31.8. The van der Waals surface area contributed by atoms with E-state index in [1.54, 1.807) is 4.90 Å². The number of para-hydroxylation sites is 1. The molecule has 0 aliphatic carbocycles. The standard InChI is InChI=1S/C24H30N4O2/c1-4-27(5-2)13-14-28(24(30)25-21-9-7-6-8-10-21)17-20-16-19-15-18(3)11-12-22(19)26-23(20)29/h6-12,15-16H,4-5,13-14,17H2,1-3H3,(H,25,30)(H,26,29)/p+1. The van der Waals surface area contributed by atoms with Crippen LogP contribution in [0.5, 0.6) is 0 Å². The molecule has 6 nitrogen and oxygen atoms in total. The number of nitrogens with zero attached hydrogens (tertiary/aromatic N) is 1. The van der Waals surface area contributed by atoms with Crippen molar-refractivity contribution in [1.29, 1.82) is 0 Å². The van der Waals surface area contributed by atoms with Crippen LogP contribution in [0.25, 0.3) is 10.9 Å². The third kappa shape index (κ3) is 5.48. The highest BCUT2D eigenvalue weighted by molar-refractivity contribution is 5.89. The summed E-state index contributed by atoms with van der Waals surface area (Å²) in [6.45, 7) is 9.98. The molecule has 0 saturated heterocycles. The Hall–Kier alpha value is -3.12. The molecule has 1 heterocycles. The van der Waals surface area contributed by atoms with Gasteiger partial charge in [0.2, 0.25) is 0 Å². The number of nitrogens with one attached hydrogen (secondary N) is 3. The SMILES string of the molecule is CC[NH+](CC)CCN(Cc1cc2cc(C)ccc2[nH]c1=O)C(=O)Nc1ccccc1. The van der Waals surface area contributed by atoms with Crippen molar-refractivity contribution in [3.05, 3.63) is 76.1 Å². The second kappa shape index (κ2) is 10.1. The highest BCUT2D eigenvalue weighted by Crippen LogP contribution is 2.15. The first-order chi connectivity index (χ1) is 14.5. The molecule has 2 amide bonds. The van der Waals surface area contributed by atoms with Crippen molar-refractivity contribution < 1.29 is 9.69 Å². The maximum atomic E-state index is 13.0. The number of likely N-dealkylation sites (N-methyl/N-ethyl adjacent to an activating group) is 1. The molecule has 3 N–H and O–H groups in total. The number of urea groups is 1. The topological polar surface area (TPSA) is 69.6 Å². The number of aromatic amines is 1. The zero-order valence-electron chi connectivity index (χ0n) is 18.0. The number of hydrogen-bond donors (Lipinski definition) is 3. The van der Waals surface area contributed by atoms with Crippen molar-refractivity contribution in [2.75, 3.05) is 31.5 Å². The first-order valence-corrected chi connectivity index (χ1v) is 10.6. The van der Waals surface area contributed by atoms with Gasteiger partial charge in [0.05, 0.1) is 32.7 Å². The van der Waals surface area contributed by atoms with Gasteiger partial charge in [0.15, 0.2) is 0 Å². The predicted octanol–water partition coefficient (Wildman–Crippen LogP) is 2.80. The molecule has 2 aromatic carbocycles. The quantitative estimate of drug-likeness (QED) is 0.537. The molecule has 0 atom stereocenters. The van der Waals surface area contributed by atoms with Crippen molar-refractivity contribution in [2.24, 2.45) is 0 Å². The Morgan fingerprint density at radius 1 is 1.07 bits per heavy atom. The lowest BCUT2D eigenvalue weighted by Gasteiger charge is -2.25. The molecule has 158 valence electrons. The molecule has 0 fully saturated rings. The van der Waals surface area contributed by atoms with Gasteiger partial charge in [0, 0.05) is 16.8 Å². The Morgan fingerprint density at radius 3 is 2.50 bits per heavy atom. The number of quaternary nitrogens is 1. The number of rotatable bonds is 8. The van der Waals surface area contributed by atoms with E-state index in [1.165, 1.54) is 4.90 Å². The Labute approximate surface area is 177 Å². The third-order valence-corrected chi connectivity index (χ3v) is 5.49. The van der Waals surface area contributed by atoms with Crippen LogP contribution in [0.2, 0.25) is 0 Å². The second-order valence-electron chi connectivity index (χ2n) is 7.64. The minimum atomic E-state index is -0.198. The maximum absolute atomic E-state index is 13.0. The second-order valence-corrected chi connectivity index (χ2v) is 7.64. The van der Waals surface area contributed by atoms with Crippen molar-refractivity contribution in [3.8, 4) is 0 Å². The monoisotopic (exact) mass is 407 g/mol. The number of pyridine rings is 1. The number of carbonyl (C=O) groups excluding carboxylic acids is 1. The smallest absolute Gasteiger partial charge is 0.322 e. The van der Waals surface area contributed by atoms with Crippen LogP contribution in [0.15, 0.2) is 59.4 Å². The molecule has 0 aliphatic heterocycles. The van der Waals surface area contributed by atoms with Crippen molar-refractivity contribution in [3.63, 3.8) is 0 Å². The molecular formula is C24H31N4O2+. The predicted molar refractivity (Wildman–Crippen MR) is 122 cm³/mol. The fourth-order valence-electron chi connectivity index (χ4n) is 3.57. The summed E-state index contributed by atoms with van der Waals surface area (Å²) < 4.78 is 0. The molecule has 0 aliphatic rings. The number of aryl methyl sites for hydroxylation is 1. The number of benzene rings is 2. The van der Waals surface area contributed by atoms with Crippen LogP contribution in [0, 0.1) is 6.92 Å². The Kier molecular flexibility index (Phi) is 7.25. The highest BCUT2D eigenvalue weighted by Gasteiger charge is 2.18. The zero-order valence-corrected chi connectivity index (χ0v) is 18.0. The van der Waals surface area contributed by atoms with E-state index < -0.39 is 0 Å². The lowest BCUT2D eigenvalue weighted by atomic mass is 10.1. The van der Waals surface area contributed by atoms with Crippen LogP contribution < -0.4 is 15.8 Å². The van der Waals surface area contributed by atoms with Crippen molar-refractivity contribution >= 4 is 22.6 Å². The van der Waals surface area contributed by atoms with Crippen LogP contribution in [0.4, 0.5) is 10.5 Å². The van der Waals surface area contributed by atoms with Crippen LogP contribution in [0.1, 0.15) is 25.0 Å². The summed E-state index contributed by atoms with van der Waals surface area (Å²) in [6, 6.07) is 17.0. The van der Waals surface area contributed by atoms with Gasteiger partial charge in [0.25, 0.3) is 5.56 Å². The van der Waals surface area contributed by atoms with E-state index in [1.807, 2.05) is 61.5 Å². The third-order valence-electron chi connectivity index (χ3n) is 5.49. The van der Waals surface area contributed by atoms with Gasteiger partial charge in [-0.1, -0.05) is 29.8 Å². The Bertz CT molecular complexity index is 1040. The Morgan fingerprint density at radius 2 is 1.80 bits per heavy atom. The van der Waals surface area contributed by atoms with Crippen molar-refractivity contribution in [2.45, 2.75) is 27.3 Å². The molecule has 30 heavy (non-hydrogen) atoms. The van der Waals surface area contributed by atoms with Gasteiger partial charge in [-0.05, 0) is 56.5 Å². The van der Waals surface area contributed by atoms with Gasteiger partial charge in [-0.25, -0.2) is 4.79 Å². The molecule has 1 aromatic heterocycles. The molecule has 0 unspecified atom stereocenters. The highest BCUT2D eigenvalue weighted by atomic mass is 16.2. The fraction of sp³-hybridized carbons (Fsp3) is 0.333. The lowest BCUT2D eigenvalue weighted by molar-refractivity contribution is -0.895. The molecule has 3 aromatic rings. The number of anilines is 1. The van der Waals surface area contributed by atoms with Gasteiger partial charge in [-0.2, -0.15) is 0 Å². The van der Waals surface area contributed by atoms with E-state index in [-0.39, 0.29) is 18.1 Å². The molecule has 0 spiro atoms. The van der Waals surface area contributed by atoms with Crippen LogP contribution in [-0.4, -0.2) is 42.1 Å². The van der Waals surface area contributed by atoms with Crippen LogP contribution in [-0.2, 0) is 6.54 Å². The van der Waals surface area contributed by atoms with E-state index >= 15 is 0 Å². The first kappa shape index (κ1) is 21.6. The number of H-pyrrole nitrogens is 1. The summed E-state index contributed by atoms with van der Waals surface area (Å²) in [7, 11) is 0. The summed E-state index contributed by atoms with van der Waals surface area (Å²) in [5.41, 5.74) is 3.11. The number of amides is 2. The zero-order chi connectivity index (χ0) is 21.5. The minimum absolute atomic E-state index is 0.154. The molecular weight excluding hydrogens is 376 g/mol. The van der Waals surface area contributed by atoms with E-state index in [0.717, 1.165) is 41.8 Å². The normalized spacial score (nSPS) is 11.1. The van der Waals surface area contributed by atoms with E-state index in [2.05, 4.69) is 24.1 Å². The number of carbonyl (C=O) groups is 1.